The van der Waals surface area contributed by atoms with Crippen molar-refractivity contribution < 1.29 is 13.3 Å². The molecule has 2 aromatic rings. The summed E-state index contributed by atoms with van der Waals surface area (Å²) < 4.78 is 27.2. The van der Waals surface area contributed by atoms with Crippen molar-refractivity contribution in [2.75, 3.05) is 25.0 Å². The molecular formula is C18H24N4O4S2. The molecule has 8 nitrogen and oxygen atoms in total. The maximum Gasteiger partial charge on any atom is 0.293 e. The second-order valence-corrected chi connectivity index (χ2v) is 9.69. The van der Waals surface area contributed by atoms with Crippen LogP contribution < -0.4 is 5.32 Å². The molecule has 1 aromatic heterocycles. The summed E-state index contributed by atoms with van der Waals surface area (Å²) in [4.78, 5) is 15.3. The molecule has 0 amide bonds. The molecule has 1 aliphatic heterocycles. The van der Waals surface area contributed by atoms with Gasteiger partial charge in [0.2, 0.25) is 10.0 Å². The number of thiazole rings is 1. The number of sulfonamides is 1. The van der Waals surface area contributed by atoms with Crippen molar-refractivity contribution in [2.24, 2.45) is 0 Å². The van der Waals surface area contributed by atoms with Gasteiger partial charge in [0.25, 0.3) is 5.69 Å². The highest BCUT2D eigenvalue weighted by Gasteiger charge is 2.28. The highest BCUT2D eigenvalue weighted by atomic mass is 32.2. The molecule has 0 aliphatic carbocycles. The van der Waals surface area contributed by atoms with Crippen LogP contribution in [-0.2, 0) is 16.4 Å². The van der Waals surface area contributed by atoms with E-state index in [1.165, 1.54) is 16.4 Å². The van der Waals surface area contributed by atoms with Gasteiger partial charge in [0.05, 0.1) is 14.8 Å². The molecule has 0 unspecified atom stereocenters. The molecule has 1 saturated heterocycles. The largest absolute Gasteiger partial charge is 0.379 e. The van der Waals surface area contributed by atoms with Gasteiger partial charge in [-0.05, 0) is 31.9 Å². The van der Waals surface area contributed by atoms with Gasteiger partial charge in [-0.2, -0.15) is 4.31 Å². The monoisotopic (exact) mass is 424 g/mol. The molecule has 10 heteroatoms. The van der Waals surface area contributed by atoms with Crippen LogP contribution in [0.1, 0.15) is 36.4 Å². The van der Waals surface area contributed by atoms with Gasteiger partial charge in [0.1, 0.15) is 5.69 Å². The van der Waals surface area contributed by atoms with E-state index in [1.807, 2.05) is 12.3 Å². The van der Waals surface area contributed by atoms with Gasteiger partial charge in [0.15, 0.2) is 0 Å². The fourth-order valence-corrected chi connectivity index (χ4v) is 5.54. The Hall–Kier alpha value is -2.04. The second-order valence-electron chi connectivity index (χ2n) is 6.81. The van der Waals surface area contributed by atoms with Crippen molar-refractivity contribution in [2.45, 2.75) is 43.9 Å². The van der Waals surface area contributed by atoms with E-state index in [2.05, 4.69) is 10.3 Å². The number of hydrogen-bond donors (Lipinski definition) is 1. The van der Waals surface area contributed by atoms with Crippen molar-refractivity contribution in [1.82, 2.24) is 9.29 Å². The molecule has 1 fully saturated rings. The standard InChI is InChI=1S/C18H24N4O4S2/c1-14-13-27-18(20-14)8-9-19-16-7-6-15(12-17(16)22(23)24)28(25,26)21-10-4-2-3-5-11-21/h6-7,12-13,19H,2-5,8-11H2,1H3. The van der Waals surface area contributed by atoms with E-state index in [1.54, 1.807) is 11.3 Å². The average Bonchev–Trinajstić information content (AvgIpc) is 2.90. The van der Waals surface area contributed by atoms with E-state index >= 15 is 0 Å². The molecule has 1 aliphatic rings. The lowest BCUT2D eigenvalue weighted by Crippen LogP contribution is -2.32. The van der Waals surface area contributed by atoms with Crippen molar-refractivity contribution in [3.05, 3.63) is 44.4 Å². The molecule has 2 heterocycles. The van der Waals surface area contributed by atoms with Crippen LogP contribution in [-0.4, -0.2) is 42.3 Å². The van der Waals surface area contributed by atoms with E-state index in [-0.39, 0.29) is 10.6 Å². The Morgan fingerprint density at radius 3 is 2.57 bits per heavy atom. The molecule has 0 atom stereocenters. The number of rotatable bonds is 7. The topological polar surface area (TPSA) is 105 Å². The second kappa shape index (κ2) is 8.97. The van der Waals surface area contributed by atoms with Crippen LogP contribution in [0.4, 0.5) is 11.4 Å². The summed E-state index contributed by atoms with van der Waals surface area (Å²) in [7, 11) is -3.73. The molecule has 0 spiro atoms. The van der Waals surface area contributed by atoms with E-state index in [9.17, 15) is 18.5 Å². The van der Waals surface area contributed by atoms with Gasteiger partial charge < -0.3 is 5.32 Å². The normalized spacial score (nSPS) is 15.9. The summed E-state index contributed by atoms with van der Waals surface area (Å²) in [5.41, 5.74) is 1.04. The number of aryl methyl sites for hydroxylation is 1. The first-order valence-corrected chi connectivity index (χ1v) is 11.6. The van der Waals surface area contributed by atoms with Crippen LogP contribution >= 0.6 is 11.3 Å². The summed E-state index contributed by atoms with van der Waals surface area (Å²) >= 11 is 1.55. The van der Waals surface area contributed by atoms with E-state index in [0.29, 0.717) is 31.7 Å². The van der Waals surface area contributed by atoms with Gasteiger partial charge in [-0.1, -0.05) is 12.8 Å². The molecule has 0 radical (unpaired) electrons. The summed E-state index contributed by atoms with van der Waals surface area (Å²) in [6.07, 6.45) is 4.29. The Morgan fingerprint density at radius 2 is 1.96 bits per heavy atom. The molecule has 0 saturated carbocycles. The third-order valence-electron chi connectivity index (χ3n) is 4.69. The summed E-state index contributed by atoms with van der Waals surface area (Å²) in [6.45, 7) is 3.32. The summed E-state index contributed by atoms with van der Waals surface area (Å²) in [6, 6.07) is 4.09. The molecule has 3 rings (SSSR count). The van der Waals surface area contributed by atoms with Crippen molar-refractivity contribution in [1.29, 1.82) is 0 Å². The number of nitrogens with one attached hydrogen (secondary N) is 1. The predicted octanol–water partition coefficient (Wildman–Crippen LogP) is 3.58. The van der Waals surface area contributed by atoms with Gasteiger partial charge in [0, 0.05) is 43.2 Å². The molecule has 28 heavy (non-hydrogen) atoms. The number of nitrogens with zero attached hydrogens (tertiary/aromatic N) is 3. The van der Waals surface area contributed by atoms with Crippen molar-refractivity contribution in [3.8, 4) is 0 Å². The van der Waals surface area contributed by atoms with Crippen molar-refractivity contribution in [3.63, 3.8) is 0 Å². The highest BCUT2D eigenvalue weighted by Crippen LogP contribution is 2.30. The van der Waals surface area contributed by atoms with Gasteiger partial charge >= 0.3 is 0 Å². The quantitative estimate of drug-likeness (QED) is 0.538. The summed E-state index contributed by atoms with van der Waals surface area (Å²) in [5, 5.41) is 17.5. The zero-order valence-corrected chi connectivity index (χ0v) is 17.4. The van der Waals surface area contributed by atoms with Crippen LogP contribution in [0.25, 0.3) is 0 Å². The highest BCUT2D eigenvalue weighted by molar-refractivity contribution is 7.89. The smallest absolute Gasteiger partial charge is 0.293 e. The van der Waals surface area contributed by atoms with Gasteiger partial charge in [-0.25, -0.2) is 13.4 Å². The third kappa shape index (κ3) is 4.86. The zero-order valence-electron chi connectivity index (χ0n) is 15.8. The SMILES string of the molecule is Cc1csc(CCNc2ccc(S(=O)(=O)N3CCCCCC3)cc2[N+](=O)[O-])n1. The Bertz CT molecular complexity index is 935. The number of nitro benzene ring substituents is 1. The van der Waals surface area contributed by atoms with Gasteiger partial charge in [-0.15, -0.1) is 11.3 Å². The molecule has 1 N–H and O–H groups in total. The Balaban J connectivity index is 1.77. The average molecular weight is 425 g/mol. The first kappa shape index (κ1) is 20.7. The Kier molecular flexibility index (Phi) is 6.63. The number of hydrogen-bond acceptors (Lipinski definition) is 7. The van der Waals surface area contributed by atoms with E-state index in [0.717, 1.165) is 42.5 Å². The van der Waals surface area contributed by atoms with E-state index < -0.39 is 14.9 Å². The fourth-order valence-electron chi connectivity index (χ4n) is 3.23. The van der Waals surface area contributed by atoms with Gasteiger partial charge in [-0.3, -0.25) is 10.1 Å². The van der Waals surface area contributed by atoms with Crippen LogP contribution in [0.3, 0.4) is 0 Å². The first-order valence-electron chi connectivity index (χ1n) is 9.31. The zero-order chi connectivity index (χ0) is 20.1. The fraction of sp³-hybridized carbons (Fsp3) is 0.500. The summed E-state index contributed by atoms with van der Waals surface area (Å²) in [5.74, 6) is 0. The lowest BCUT2D eigenvalue weighted by molar-refractivity contribution is -0.384. The first-order chi connectivity index (χ1) is 13.4. The van der Waals surface area contributed by atoms with Crippen LogP contribution in [0.5, 0.6) is 0 Å². The number of anilines is 1. The predicted molar refractivity (Wildman–Crippen MR) is 109 cm³/mol. The number of benzene rings is 1. The Morgan fingerprint density at radius 1 is 1.25 bits per heavy atom. The lowest BCUT2D eigenvalue weighted by Gasteiger charge is -2.20. The number of nitro groups is 1. The minimum absolute atomic E-state index is 0.0257. The molecule has 1 aromatic carbocycles. The third-order valence-corrected chi connectivity index (χ3v) is 7.61. The maximum absolute atomic E-state index is 12.9. The van der Waals surface area contributed by atoms with Crippen LogP contribution in [0.2, 0.25) is 0 Å². The molecule has 152 valence electrons. The molecular weight excluding hydrogens is 400 g/mol. The van der Waals surface area contributed by atoms with E-state index in [4.69, 9.17) is 0 Å². The van der Waals surface area contributed by atoms with Crippen molar-refractivity contribution >= 4 is 32.7 Å². The van der Waals surface area contributed by atoms with Crippen LogP contribution in [0.15, 0.2) is 28.5 Å². The molecule has 0 bridgehead atoms. The minimum Gasteiger partial charge on any atom is -0.379 e. The minimum atomic E-state index is -3.73. The lowest BCUT2D eigenvalue weighted by atomic mass is 10.2. The Labute approximate surface area is 168 Å². The number of aromatic nitrogens is 1. The van der Waals surface area contributed by atoms with Crippen LogP contribution in [0, 0.1) is 17.0 Å². The maximum atomic E-state index is 12.9.